The molecule has 2 N–H and O–H groups in total. The highest BCUT2D eigenvalue weighted by Crippen LogP contribution is 2.40. The molecule has 19 heavy (non-hydrogen) atoms. The summed E-state index contributed by atoms with van der Waals surface area (Å²) in [5.74, 6) is 2.92. The quantitative estimate of drug-likeness (QED) is 0.906. The fourth-order valence-corrected chi connectivity index (χ4v) is 3.68. The Morgan fingerprint density at radius 1 is 1.26 bits per heavy atom. The topological polar surface area (TPSA) is 64.9 Å². The zero-order valence-corrected chi connectivity index (χ0v) is 11.9. The number of nitrogens with two attached hydrogens (primary N) is 1. The van der Waals surface area contributed by atoms with Gasteiger partial charge in [0.25, 0.3) is 0 Å². The van der Waals surface area contributed by atoms with Gasteiger partial charge in [-0.25, -0.2) is 0 Å². The molecular formula is C15H25N3O. The largest absolute Gasteiger partial charge is 0.337 e. The van der Waals surface area contributed by atoms with E-state index in [-0.39, 0.29) is 5.54 Å². The predicted molar refractivity (Wildman–Crippen MR) is 73.6 cm³/mol. The van der Waals surface area contributed by atoms with Crippen LogP contribution in [0.1, 0.15) is 82.3 Å². The Kier molecular flexibility index (Phi) is 3.61. The molecule has 0 aromatic carbocycles. The maximum atomic E-state index is 6.45. The molecule has 0 amide bonds. The van der Waals surface area contributed by atoms with Crippen molar-refractivity contribution in [2.45, 2.75) is 76.2 Å². The summed E-state index contributed by atoms with van der Waals surface area (Å²) in [6.45, 7) is 2.27. The van der Waals surface area contributed by atoms with Crippen LogP contribution in [0.4, 0.5) is 0 Å². The van der Waals surface area contributed by atoms with E-state index < -0.39 is 0 Å². The SMILES string of the molecule is CCC1CCC(c2noc(C3(N)CCCCC3)n2)C1. The molecule has 0 saturated heterocycles. The van der Waals surface area contributed by atoms with E-state index in [9.17, 15) is 0 Å². The third-order valence-corrected chi connectivity index (χ3v) is 5.10. The number of hydrogen-bond acceptors (Lipinski definition) is 4. The molecular weight excluding hydrogens is 238 g/mol. The lowest BCUT2D eigenvalue weighted by atomic mass is 9.82. The van der Waals surface area contributed by atoms with E-state index in [1.54, 1.807) is 0 Å². The maximum Gasteiger partial charge on any atom is 0.246 e. The second kappa shape index (κ2) is 5.23. The zero-order chi connectivity index (χ0) is 13.3. The van der Waals surface area contributed by atoms with Crippen molar-refractivity contribution in [1.82, 2.24) is 10.1 Å². The van der Waals surface area contributed by atoms with Gasteiger partial charge in [-0.05, 0) is 38.0 Å². The molecule has 0 radical (unpaired) electrons. The molecule has 2 fully saturated rings. The fraction of sp³-hybridized carbons (Fsp3) is 0.867. The van der Waals surface area contributed by atoms with Crippen LogP contribution in [0.3, 0.4) is 0 Å². The summed E-state index contributed by atoms with van der Waals surface area (Å²) in [7, 11) is 0. The van der Waals surface area contributed by atoms with E-state index >= 15 is 0 Å². The molecule has 106 valence electrons. The zero-order valence-electron chi connectivity index (χ0n) is 11.9. The molecule has 2 aliphatic carbocycles. The van der Waals surface area contributed by atoms with E-state index in [1.165, 1.54) is 44.9 Å². The molecule has 4 nitrogen and oxygen atoms in total. The van der Waals surface area contributed by atoms with Gasteiger partial charge in [-0.3, -0.25) is 0 Å². The van der Waals surface area contributed by atoms with Crippen molar-refractivity contribution in [3.05, 3.63) is 11.7 Å². The monoisotopic (exact) mass is 263 g/mol. The summed E-state index contributed by atoms with van der Waals surface area (Å²) >= 11 is 0. The van der Waals surface area contributed by atoms with Crippen LogP contribution in [0.25, 0.3) is 0 Å². The lowest BCUT2D eigenvalue weighted by Gasteiger charge is -2.29. The number of hydrogen-bond donors (Lipinski definition) is 1. The van der Waals surface area contributed by atoms with E-state index in [4.69, 9.17) is 10.3 Å². The average molecular weight is 263 g/mol. The van der Waals surface area contributed by atoms with Gasteiger partial charge in [0.2, 0.25) is 5.89 Å². The van der Waals surface area contributed by atoms with Crippen molar-refractivity contribution in [1.29, 1.82) is 0 Å². The van der Waals surface area contributed by atoms with E-state index in [1.807, 2.05) is 0 Å². The van der Waals surface area contributed by atoms with Crippen molar-refractivity contribution in [3.8, 4) is 0 Å². The Hall–Kier alpha value is -0.900. The molecule has 3 rings (SSSR count). The maximum absolute atomic E-state index is 6.45. The molecule has 0 aliphatic heterocycles. The first kappa shape index (κ1) is 13.1. The van der Waals surface area contributed by atoms with Crippen molar-refractivity contribution in [3.63, 3.8) is 0 Å². The Bertz CT molecular complexity index is 423. The molecule has 2 aliphatic rings. The molecule has 2 atom stereocenters. The minimum atomic E-state index is -0.355. The Labute approximate surface area is 115 Å². The van der Waals surface area contributed by atoms with Crippen LogP contribution in [0.5, 0.6) is 0 Å². The van der Waals surface area contributed by atoms with Gasteiger partial charge in [0.05, 0.1) is 5.54 Å². The lowest BCUT2D eigenvalue weighted by molar-refractivity contribution is 0.219. The number of rotatable bonds is 3. The second-order valence-corrected chi connectivity index (χ2v) is 6.46. The summed E-state index contributed by atoms with van der Waals surface area (Å²) in [5.41, 5.74) is 6.09. The van der Waals surface area contributed by atoms with E-state index in [2.05, 4.69) is 17.1 Å². The predicted octanol–water partition coefficient (Wildman–Crippen LogP) is 3.48. The van der Waals surface area contributed by atoms with Gasteiger partial charge in [-0.1, -0.05) is 37.8 Å². The molecule has 4 heteroatoms. The van der Waals surface area contributed by atoms with Crippen LogP contribution in [0, 0.1) is 5.92 Å². The van der Waals surface area contributed by atoms with Gasteiger partial charge < -0.3 is 10.3 Å². The lowest BCUT2D eigenvalue weighted by Crippen LogP contribution is -2.39. The summed E-state index contributed by atoms with van der Waals surface area (Å²) in [5, 5.41) is 4.22. The second-order valence-electron chi connectivity index (χ2n) is 6.46. The van der Waals surface area contributed by atoms with Crippen LogP contribution in [-0.2, 0) is 5.54 Å². The minimum Gasteiger partial charge on any atom is -0.337 e. The van der Waals surface area contributed by atoms with Crippen LogP contribution >= 0.6 is 0 Å². The van der Waals surface area contributed by atoms with Crippen molar-refractivity contribution < 1.29 is 4.52 Å². The Balaban J connectivity index is 1.72. The third kappa shape index (κ3) is 2.55. The van der Waals surface area contributed by atoms with Gasteiger partial charge in [-0.2, -0.15) is 4.98 Å². The van der Waals surface area contributed by atoms with Gasteiger partial charge in [-0.15, -0.1) is 0 Å². The van der Waals surface area contributed by atoms with Crippen molar-refractivity contribution in [2.24, 2.45) is 11.7 Å². The highest BCUT2D eigenvalue weighted by molar-refractivity contribution is 5.07. The smallest absolute Gasteiger partial charge is 0.246 e. The number of nitrogens with zero attached hydrogens (tertiary/aromatic N) is 2. The van der Waals surface area contributed by atoms with E-state index in [0.29, 0.717) is 11.8 Å². The molecule has 1 heterocycles. The van der Waals surface area contributed by atoms with Crippen molar-refractivity contribution in [2.75, 3.05) is 0 Å². The van der Waals surface area contributed by atoms with Crippen LogP contribution in [0.15, 0.2) is 4.52 Å². The van der Waals surface area contributed by atoms with E-state index in [0.717, 1.165) is 24.6 Å². The summed E-state index contributed by atoms with van der Waals surface area (Å²) in [4.78, 5) is 4.65. The molecule has 2 saturated carbocycles. The molecule has 1 aromatic rings. The molecule has 1 aromatic heterocycles. The van der Waals surface area contributed by atoms with Crippen LogP contribution in [0.2, 0.25) is 0 Å². The Morgan fingerprint density at radius 2 is 2.05 bits per heavy atom. The summed E-state index contributed by atoms with van der Waals surface area (Å²) in [6, 6.07) is 0. The standard InChI is InChI=1S/C15H25N3O/c1-2-11-6-7-12(10-11)13-17-14(19-18-13)15(16)8-4-3-5-9-15/h11-12H,2-10,16H2,1H3. The summed E-state index contributed by atoms with van der Waals surface area (Å²) < 4.78 is 5.50. The summed E-state index contributed by atoms with van der Waals surface area (Å²) in [6.07, 6.45) is 10.6. The molecule has 0 spiro atoms. The minimum absolute atomic E-state index is 0.355. The van der Waals surface area contributed by atoms with Gasteiger partial charge >= 0.3 is 0 Å². The first-order valence-electron chi connectivity index (χ1n) is 7.84. The number of aromatic nitrogens is 2. The average Bonchev–Trinajstić information content (AvgIpc) is 3.08. The van der Waals surface area contributed by atoms with Crippen molar-refractivity contribution >= 4 is 0 Å². The van der Waals surface area contributed by atoms with Gasteiger partial charge in [0, 0.05) is 5.92 Å². The first-order chi connectivity index (χ1) is 9.21. The fourth-order valence-electron chi connectivity index (χ4n) is 3.68. The first-order valence-corrected chi connectivity index (χ1v) is 7.84. The normalized spacial score (nSPS) is 30.6. The molecule has 0 bridgehead atoms. The highest BCUT2D eigenvalue weighted by Gasteiger charge is 2.36. The molecule has 2 unspecified atom stereocenters. The Morgan fingerprint density at radius 3 is 2.74 bits per heavy atom. The van der Waals surface area contributed by atoms with Crippen LogP contribution < -0.4 is 5.73 Å². The highest BCUT2D eigenvalue weighted by atomic mass is 16.5. The third-order valence-electron chi connectivity index (χ3n) is 5.10. The van der Waals surface area contributed by atoms with Gasteiger partial charge in [0.15, 0.2) is 5.82 Å². The van der Waals surface area contributed by atoms with Gasteiger partial charge in [0.1, 0.15) is 0 Å². The van der Waals surface area contributed by atoms with Crippen LogP contribution in [-0.4, -0.2) is 10.1 Å².